The second kappa shape index (κ2) is 7.86. The number of aromatic amines is 1. The largest absolute Gasteiger partial charge is 0.383 e. The molecule has 3 aromatic carbocycles. The Morgan fingerprint density at radius 1 is 0.941 bits per heavy atom. The minimum Gasteiger partial charge on any atom is -0.383 e. The molecule has 164 valence electrons. The molecule has 0 radical (unpaired) electrons. The number of H-pyrrole nitrogens is 1. The summed E-state index contributed by atoms with van der Waals surface area (Å²) in [6, 6.07) is 24.6. The molecular formula is C26H19N7O. The molecule has 0 spiro atoms. The van der Waals surface area contributed by atoms with E-state index in [-0.39, 0.29) is 17.3 Å². The van der Waals surface area contributed by atoms with Gasteiger partial charge in [-0.05, 0) is 30.3 Å². The van der Waals surface area contributed by atoms with E-state index in [1.54, 1.807) is 6.21 Å². The Morgan fingerprint density at radius 3 is 2.47 bits per heavy atom. The molecular weight excluding hydrogens is 426 g/mol. The summed E-state index contributed by atoms with van der Waals surface area (Å²) in [5.41, 5.74) is 11.4. The van der Waals surface area contributed by atoms with E-state index < -0.39 is 0 Å². The molecule has 0 aliphatic heterocycles. The van der Waals surface area contributed by atoms with Crippen LogP contribution in [-0.4, -0.2) is 31.7 Å². The maximum Gasteiger partial charge on any atom is 0.261 e. The van der Waals surface area contributed by atoms with E-state index in [2.05, 4.69) is 15.4 Å². The molecule has 0 fully saturated rings. The summed E-state index contributed by atoms with van der Waals surface area (Å²) in [4.78, 5) is 25.9. The molecule has 3 heterocycles. The number of benzene rings is 3. The first kappa shape index (κ1) is 19.7. The van der Waals surface area contributed by atoms with Gasteiger partial charge in [-0.2, -0.15) is 9.78 Å². The van der Waals surface area contributed by atoms with Gasteiger partial charge in [0.2, 0.25) is 0 Å². The van der Waals surface area contributed by atoms with Crippen LogP contribution in [0, 0.1) is 0 Å². The third-order valence-corrected chi connectivity index (χ3v) is 5.67. The van der Waals surface area contributed by atoms with Crippen LogP contribution in [0.2, 0.25) is 0 Å². The Bertz CT molecular complexity index is 1710. The van der Waals surface area contributed by atoms with Crippen molar-refractivity contribution < 1.29 is 4.79 Å². The number of aromatic nitrogens is 4. The lowest BCUT2D eigenvalue weighted by atomic mass is 10.2. The van der Waals surface area contributed by atoms with Gasteiger partial charge in [0, 0.05) is 28.4 Å². The number of carbonyl (C=O) groups is 1. The molecule has 0 aliphatic rings. The fourth-order valence-corrected chi connectivity index (χ4v) is 4.02. The van der Waals surface area contributed by atoms with E-state index in [0.717, 1.165) is 16.5 Å². The van der Waals surface area contributed by atoms with Crippen molar-refractivity contribution in [2.24, 2.45) is 5.10 Å². The van der Waals surface area contributed by atoms with Crippen LogP contribution in [0.3, 0.4) is 0 Å². The zero-order valence-electron chi connectivity index (χ0n) is 17.9. The molecule has 3 aromatic heterocycles. The zero-order valence-corrected chi connectivity index (χ0v) is 17.9. The number of amides is 1. The summed E-state index contributed by atoms with van der Waals surface area (Å²) in [7, 11) is 0. The lowest BCUT2D eigenvalue weighted by Gasteiger charge is -2.05. The quantitative estimate of drug-likeness (QED) is 0.339. The zero-order chi connectivity index (χ0) is 23.1. The predicted molar refractivity (Wildman–Crippen MR) is 135 cm³/mol. The molecule has 8 heteroatoms. The molecule has 0 atom stereocenters. The van der Waals surface area contributed by atoms with Crippen molar-refractivity contribution in [3.8, 4) is 0 Å². The normalized spacial score (nSPS) is 11.6. The molecule has 0 bridgehead atoms. The minimum atomic E-state index is -0.376. The highest BCUT2D eigenvalue weighted by Gasteiger charge is 2.24. The van der Waals surface area contributed by atoms with E-state index in [1.807, 2.05) is 85.1 Å². The maximum atomic E-state index is 13.3. The van der Waals surface area contributed by atoms with Crippen LogP contribution in [0.25, 0.3) is 33.1 Å². The molecule has 0 saturated carbocycles. The molecule has 6 rings (SSSR count). The fraction of sp³-hybridized carbons (Fsp3) is 0. The number of carbonyl (C=O) groups excluding carboxylic acids is 1. The number of fused-ring (bicyclic) bond motifs is 3. The summed E-state index contributed by atoms with van der Waals surface area (Å²) >= 11 is 0. The smallest absolute Gasteiger partial charge is 0.261 e. The van der Waals surface area contributed by atoms with E-state index in [9.17, 15) is 4.79 Å². The number of nitrogens with zero attached hydrogens (tertiary/aromatic N) is 4. The Morgan fingerprint density at radius 2 is 1.65 bits per heavy atom. The van der Waals surface area contributed by atoms with Gasteiger partial charge in [0.1, 0.15) is 16.9 Å². The Labute approximate surface area is 193 Å². The van der Waals surface area contributed by atoms with Gasteiger partial charge < -0.3 is 16.0 Å². The van der Waals surface area contributed by atoms with Crippen molar-refractivity contribution in [2.45, 2.75) is 0 Å². The van der Waals surface area contributed by atoms with Crippen molar-refractivity contribution in [3.63, 3.8) is 0 Å². The lowest BCUT2D eigenvalue weighted by Crippen LogP contribution is -2.14. The maximum absolute atomic E-state index is 13.3. The van der Waals surface area contributed by atoms with E-state index in [1.165, 1.54) is 4.68 Å². The second-order valence-corrected chi connectivity index (χ2v) is 7.81. The van der Waals surface area contributed by atoms with Crippen molar-refractivity contribution >= 4 is 56.7 Å². The SMILES string of the molecule is Nc1c(C(=O)Nc2ccccc2)c2nc3ccccc3nc2n1N=Cc1c[nH]c2ccccc12. The van der Waals surface area contributed by atoms with Crippen molar-refractivity contribution in [3.05, 3.63) is 96.2 Å². The highest BCUT2D eigenvalue weighted by Crippen LogP contribution is 2.29. The van der Waals surface area contributed by atoms with Crippen LogP contribution in [0.1, 0.15) is 15.9 Å². The lowest BCUT2D eigenvalue weighted by molar-refractivity contribution is 0.102. The highest BCUT2D eigenvalue weighted by molar-refractivity contribution is 6.16. The fourth-order valence-electron chi connectivity index (χ4n) is 4.02. The standard InChI is InChI=1S/C26H19N7O/c27-24-22(26(34)30-17-8-2-1-3-9-17)23-25(32-21-13-7-6-12-20(21)31-23)33(24)29-15-16-14-28-19-11-5-4-10-18(16)19/h1-15,28H,27H2,(H,30,34). The van der Waals surface area contributed by atoms with Gasteiger partial charge in [0.25, 0.3) is 5.91 Å². The Kier molecular flexibility index (Phi) is 4.55. The van der Waals surface area contributed by atoms with Crippen LogP contribution in [0.4, 0.5) is 11.5 Å². The average molecular weight is 445 g/mol. The molecule has 0 aliphatic carbocycles. The number of nitrogen functional groups attached to an aromatic ring is 1. The van der Waals surface area contributed by atoms with Crippen LogP contribution in [-0.2, 0) is 0 Å². The number of para-hydroxylation sites is 4. The molecule has 6 aromatic rings. The van der Waals surface area contributed by atoms with E-state index >= 15 is 0 Å². The van der Waals surface area contributed by atoms with Crippen LogP contribution in [0.15, 0.2) is 90.2 Å². The first-order chi connectivity index (χ1) is 16.7. The first-order valence-electron chi connectivity index (χ1n) is 10.7. The topological polar surface area (TPSA) is 114 Å². The van der Waals surface area contributed by atoms with Gasteiger partial charge in [-0.25, -0.2) is 9.97 Å². The number of rotatable bonds is 4. The second-order valence-electron chi connectivity index (χ2n) is 7.81. The Balaban J connectivity index is 1.52. The minimum absolute atomic E-state index is 0.162. The van der Waals surface area contributed by atoms with Gasteiger partial charge in [-0.15, -0.1) is 0 Å². The number of nitrogens with two attached hydrogens (primary N) is 1. The Hall–Kier alpha value is -4.98. The predicted octanol–water partition coefficient (Wildman–Crippen LogP) is 4.78. The molecule has 4 N–H and O–H groups in total. The first-order valence-corrected chi connectivity index (χ1v) is 10.7. The van der Waals surface area contributed by atoms with Gasteiger partial charge in [0.15, 0.2) is 5.65 Å². The van der Waals surface area contributed by atoms with Gasteiger partial charge >= 0.3 is 0 Å². The monoisotopic (exact) mass is 445 g/mol. The number of hydrogen-bond acceptors (Lipinski definition) is 5. The molecule has 34 heavy (non-hydrogen) atoms. The van der Waals surface area contributed by atoms with Gasteiger partial charge in [0.05, 0.1) is 17.2 Å². The summed E-state index contributed by atoms with van der Waals surface area (Å²) in [5.74, 6) is -0.214. The number of nitrogens with one attached hydrogen (secondary N) is 2. The highest BCUT2D eigenvalue weighted by atomic mass is 16.1. The van der Waals surface area contributed by atoms with Crippen LogP contribution < -0.4 is 11.1 Å². The third-order valence-electron chi connectivity index (χ3n) is 5.67. The van der Waals surface area contributed by atoms with E-state index in [0.29, 0.717) is 27.9 Å². The molecule has 0 unspecified atom stereocenters. The van der Waals surface area contributed by atoms with Crippen LogP contribution >= 0.6 is 0 Å². The van der Waals surface area contributed by atoms with E-state index in [4.69, 9.17) is 15.7 Å². The van der Waals surface area contributed by atoms with Crippen molar-refractivity contribution in [1.82, 2.24) is 19.6 Å². The number of anilines is 2. The number of hydrogen-bond donors (Lipinski definition) is 3. The van der Waals surface area contributed by atoms with Gasteiger partial charge in [-0.1, -0.05) is 48.5 Å². The third kappa shape index (κ3) is 3.25. The van der Waals surface area contributed by atoms with Crippen molar-refractivity contribution in [1.29, 1.82) is 0 Å². The average Bonchev–Trinajstić information content (AvgIpc) is 3.39. The summed E-state index contributed by atoms with van der Waals surface area (Å²) in [6.07, 6.45) is 3.57. The molecule has 1 amide bonds. The van der Waals surface area contributed by atoms with Gasteiger partial charge in [-0.3, -0.25) is 4.79 Å². The van der Waals surface area contributed by atoms with Crippen molar-refractivity contribution in [2.75, 3.05) is 11.1 Å². The van der Waals surface area contributed by atoms with Crippen LogP contribution in [0.5, 0.6) is 0 Å². The summed E-state index contributed by atoms with van der Waals surface area (Å²) in [6.45, 7) is 0. The molecule has 8 nitrogen and oxygen atoms in total. The summed E-state index contributed by atoms with van der Waals surface area (Å²) < 4.78 is 1.47. The molecule has 0 saturated heterocycles. The summed E-state index contributed by atoms with van der Waals surface area (Å²) in [5, 5.41) is 8.52.